The maximum absolute atomic E-state index is 5.32. The van der Waals surface area contributed by atoms with Gasteiger partial charge in [-0.1, -0.05) is 39.8 Å². The van der Waals surface area contributed by atoms with E-state index in [1.807, 2.05) is 6.07 Å². The smallest absolute Gasteiger partial charge is 0.191 e. The molecule has 2 aromatic rings. The lowest BCUT2D eigenvalue weighted by Crippen LogP contribution is -2.36. The van der Waals surface area contributed by atoms with E-state index in [0.717, 1.165) is 22.2 Å². The van der Waals surface area contributed by atoms with Crippen molar-refractivity contribution < 1.29 is 4.52 Å². The van der Waals surface area contributed by atoms with Gasteiger partial charge in [0, 0.05) is 23.9 Å². The van der Waals surface area contributed by atoms with Gasteiger partial charge in [0.2, 0.25) is 0 Å². The minimum absolute atomic E-state index is 0. The molecule has 6 nitrogen and oxygen atoms in total. The van der Waals surface area contributed by atoms with Gasteiger partial charge in [-0.2, -0.15) is 0 Å². The maximum atomic E-state index is 5.32. The highest BCUT2D eigenvalue weighted by atomic mass is 127. The second kappa shape index (κ2) is 9.51. The Morgan fingerprint density at radius 1 is 1.28 bits per heavy atom. The number of halogens is 1. The third kappa shape index (κ3) is 6.58. The van der Waals surface area contributed by atoms with Crippen LogP contribution in [0.1, 0.15) is 62.7 Å². The molecule has 0 radical (unpaired) electrons. The van der Waals surface area contributed by atoms with Crippen LogP contribution in [0.4, 0.5) is 0 Å². The standard InChI is InChI=1S/C17H27N5OS.HI/c1-11(2)13-7-12(23-22-13)8-19-16(18-6)20-9-15-21-14(10-24-15)17(3,4)5;/h7,10-11H,8-9H2,1-6H3,(H2,18,19,20);1H. The Morgan fingerprint density at radius 2 is 1.96 bits per heavy atom. The van der Waals surface area contributed by atoms with Crippen molar-refractivity contribution in [1.82, 2.24) is 20.8 Å². The SMILES string of the molecule is CN=C(NCc1cc(C(C)C)no1)NCc1nc(C(C)(C)C)cs1.I. The first-order chi connectivity index (χ1) is 11.3. The van der Waals surface area contributed by atoms with Crippen LogP contribution < -0.4 is 10.6 Å². The van der Waals surface area contributed by atoms with E-state index in [0.29, 0.717) is 25.0 Å². The number of rotatable bonds is 5. The normalized spacial score (nSPS) is 12.2. The fraction of sp³-hybridized carbons (Fsp3) is 0.588. The predicted molar refractivity (Wildman–Crippen MR) is 114 cm³/mol. The van der Waals surface area contributed by atoms with Gasteiger partial charge in [0.1, 0.15) is 5.01 Å². The van der Waals surface area contributed by atoms with Crippen LogP contribution in [0.3, 0.4) is 0 Å². The number of nitrogens with zero attached hydrogens (tertiary/aromatic N) is 3. The van der Waals surface area contributed by atoms with E-state index in [9.17, 15) is 0 Å². The summed E-state index contributed by atoms with van der Waals surface area (Å²) in [4.78, 5) is 8.90. The van der Waals surface area contributed by atoms with Crippen LogP contribution in [0.5, 0.6) is 0 Å². The fourth-order valence-corrected chi connectivity index (χ4v) is 2.93. The van der Waals surface area contributed by atoms with E-state index < -0.39 is 0 Å². The van der Waals surface area contributed by atoms with E-state index in [1.165, 1.54) is 0 Å². The Labute approximate surface area is 170 Å². The van der Waals surface area contributed by atoms with Crippen LogP contribution in [0.15, 0.2) is 21.0 Å². The molecular formula is C17H28IN5OS. The number of thiazole rings is 1. The Balaban J connectivity index is 0.00000312. The zero-order valence-corrected chi connectivity index (χ0v) is 18.9. The first-order valence-electron chi connectivity index (χ1n) is 8.14. The summed E-state index contributed by atoms with van der Waals surface area (Å²) in [6.07, 6.45) is 0. The Morgan fingerprint density at radius 3 is 2.48 bits per heavy atom. The zero-order valence-electron chi connectivity index (χ0n) is 15.7. The molecule has 0 aliphatic rings. The lowest BCUT2D eigenvalue weighted by atomic mass is 9.93. The monoisotopic (exact) mass is 477 g/mol. The van der Waals surface area contributed by atoms with E-state index in [-0.39, 0.29) is 29.4 Å². The molecule has 25 heavy (non-hydrogen) atoms. The molecule has 0 aliphatic heterocycles. The summed E-state index contributed by atoms with van der Waals surface area (Å²) in [6.45, 7) is 11.9. The summed E-state index contributed by atoms with van der Waals surface area (Å²) in [5.41, 5.74) is 2.16. The Hall–Kier alpha value is -1.16. The quantitative estimate of drug-likeness (QED) is 0.387. The Kier molecular flexibility index (Phi) is 8.33. The van der Waals surface area contributed by atoms with Gasteiger partial charge in [0.05, 0.1) is 24.5 Å². The fourth-order valence-electron chi connectivity index (χ4n) is 1.97. The number of aromatic nitrogens is 2. The largest absolute Gasteiger partial charge is 0.359 e. The highest BCUT2D eigenvalue weighted by Gasteiger charge is 2.17. The van der Waals surface area contributed by atoms with Gasteiger partial charge in [-0.25, -0.2) is 4.98 Å². The highest BCUT2D eigenvalue weighted by Crippen LogP contribution is 2.23. The maximum Gasteiger partial charge on any atom is 0.191 e. The third-order valence-corrected chi connectivity index (χ3v) is 4.40. The zero-order chi connectivity index (χ0) is 17.7. The Bertz CT molecular complexity index is 687. The third-order valence-electron chi connectivity index (χ3n) is 3.55. The lowest BCUT2D eigenvalue weighted by molar-refractivity contribution is 0.372. The van der Waals surface area contributed by atoms with Gasteiger partial charge < -0.3 is 15.2 Å². The lowest BCUT2D eigenvalue weighted by Gasteiger charge is -2.14. The van der Waals surface area contributed by atoms with Crippen LogP contribution in [-0.4, -0.2) is 23.1 Å². The van der Waals surface area contributed by atoms with Crippen LogP contribution in [-0.2, 0) is 18.5 Å². The van der Waals surface area contributed by atoms with E-state index >= 15 is 0 Å². The van der Waals surface area contributed by atoms with Crippen LogP contribution >= 0.6 is 35.3 Å². The van der Waals surface area contributed by atoms with Crippen molar-refractivity contribution in [1.29, 1.82) is 0 Å². The molecule has 2 heterocycles. The molecule has 8 heteroatoms. The average molecular weight is 477 g/mol. The van der Waals surface area contributed by atoms with Crippen molar-refractivity contribution in [3.63, 3.8) is 0 Å². The molecule has 0 atom stereocenters. The minimum atomic E-state index is 0. The van der Waals surface area contributed by atoms with Gasteiger partial charge >= 0.3 is 0 Å². The first-order valence-corrected chi connectivity index (χ1v) is 9.02. The number of nitrogens with one attached hydrogen (secondary N) is 2. The molecule has 0 aliphatic carbocycles. The van der Waals surface area contributed by atoms with E-state index in [4.69, 9.17) is 4.52 Å². The topological polar surface area (TPSA) is 75.3 Å². The van der Waals surface area contributed by atoms with Crippen molar-refractivity contribution in [2.24, 2.45) is 4.99 Å². The highest BCUT2D eigenvalue weighted by molar-refractivity contribution is 14.0. The molecule has 0 aromatic carbocycles. The van der Waals surface area contributed by atoms with Crippen molar-refractivity contribution in [2.45, 2.75) is 59.0 Å². The van der Waals surface area contributed by atoms with Gasteiger partial charge in [-0.3, -0.25) is 4.99 Å². The molecule has 2 N–H and O–H groups in total. The summed E-state index contributed by atoms with van der Waals surface area (Å²) in [5.74, 6) is 1.87. The molecule has 0 saturated heterocycles. The van der Waals surface area contributed by atoms with Crippen LogP contribution in [0.25, 0.3) is 0 Å². The summed E-state index contributed by atoms with van der Waals surface area (Å²) >= 11 is 1.66. The van der Waals surface area contributed by atoms with Gasteiger partial charge in [-0.15, -0.1) is 35.3 Å². The molecule has 0 spiro atoms. The molecule has 2 rings (SSSR count). The molecule has 140 valence electrons. The molecule has 0 saturated carbocycles. The first kappa shape index (κ1) is 21.9. The number of hydrogen-bond acceptors (Lipinski definition) is 5. The molecule has 0 fully saturated rings. The molecule has 0 bridgehead atoms. The summed E-state index contributed by atoms with van der Waals surface area (Å²) < 4.78 is 5.32. The van der Waals surface area contributed by atoms with Crippen LogP contribution in [0, 0.1) is 0 Å². The van der Waals surface area contributed by atoms with Crippen molar-refractivity contribution in [3.8, 4) is 0 Å². The number of hydrogen-bond donors (Lipinski definition) is 2. The van der Waals surface area contributed by atoms with Crippen molar-refractivity contribution >= 4 is 41.3 Å². The van der Waals surface area contributed by atoms with Gasteiger partial charge in [0.25, 0.3) is 0 Å². The van der Waals surface area contributed by atoms with E-state index in [1.54, 1.807) is 18.4 Å². The van der Waals surface area contributed by atoms with Crippen LogP contribution in [0.2, 0.25) is 0 Å². The molecular weight excluding hydrogens is 449 g/mol. The van der Waals surface area contributed by atoms with Crippen molar-refractivity contribution in [3.05, 3.63) is 33.6 Å². The van der Waals surface area contributed by atoms with Gasteiger partial charge in [-0.05, 0) is 5.92 Å². The second-order valence-electron chi connectivity index (χ2n) is 7.03. The van der Waals surface area contributed by atoms with E-state index in [2.05, 4.69) is 65.8 Å². The molecule has 0 unspecified atom stereocenters. The number of aliphatic imine (C=N–C) groups is 1. The van der Waals surface area contributed by atoms with Crippen molar-refractivity contribution in [2.75, 3.05) is 7.05 Å². The summed E-state index contributed by atoms with van der Waals surface area (Å²) in [7, 11) is 1.75. The number of guanidine groups is 1. The minimum Gasteiger partial charge on any atom is -0.359 e. The van der Waals surface area contributed by atoms with Gasteiger partial charge in [0.15, 0.2) is 11.7 Å². The second-order valence-corrected chi connectivity index (χ2v) is 7.97. The predicted octanol–water partition coefficient (Wildman–Crippen LogP) is 4.04. The summed E-state index contributed by atoms with van der Waals surface area (Å²) in [6, 6.07) is 1.97. The molecule has 2 aromatic heterocycles. The summed E-state index contributed by atoms with van der Waals surface area (Å²) in [5, 5.41) is 13.7. The molecule has 0 amide bonds. The average Bonchev–Trinajstić information content (AvgIpc) is 3.16.